The fraction of sp³-hybridized carbons (Fsp3) is 0.808. The lowest BCUT2D eigenvalue weighted by atomic mass is 10.0. The van der Waals surface area contributed by atoms with Crippen molar-refractivity contribution in [2.75, 3.05) is 18.9 Å². The summed E-state index contributed by atoms with van der Waals surface area (Å²) in [6.45, 7) is 2.50. The second kappa shape index (κ2) is 15.3. The topological polar surface area (TPSA) is 129 Å². The summed E-state index contributed by atoms with van der Waals surface area (Å²) in [5.74, 6) is 0.283. The van der Waals surface area contributed by atoms with Crippen LogP contribution in [0.2, 0.25) is 0 Å². The van der Waals surface area contributed by atoms with Crippen LogP contribution < -0.4 is 5.73 Å². The van der Waals surface area contributed by atoms with Crippen LogP contribution >= 0.6 is 0 Å². The third kappa shape index (κ3) is 8.10. The number of aromatic nitrogens is 4. The number of nitrogens with two attached hydrogens (primary N) is 1. The zero-order valence-electron chi connectivity index (χ0n) is 21.4. The van der Waals surface area contributed by atoms with Gasteiger partial charge >= 0.3 is 0 Å². The Hall–Kier alpha value is -1.81. The van der Waals surface area contributed by atoms with E-state index in [1.165, 1.54) is 83.4 Å². The summed E-state index contributed by atoms with van der Waals surface area (Å²) in [5.41, 5.74) is 6.88. The average molecular weight is 492 g/mol. The molecular weight excluding hydrogens is 446 g/mol. The van der Waals surface area contributed by atoms with Gasteiger partial charge in [0.1, 0.15) is 30.2 Å². The second-order valence-corrected chi connectivity index (χ2v) is 9.75. The van der Waals surface area contributed by atoms with Crippen molar-refractivity contribution in [3.05, 3.63) is 12.7 Å². The van der Waals surface area contributed by atoms with Crippen molar-refractivity contribution >= 4 is 17.0 Å². The largest absolute Gasteiger partial charge is 0.394 e. The van der Waals surface area contributed by atoms with Crippen LogP contribution in [-0.2, 0) is 9.47 Å². The molecule has 0 aliphatic carbocycles. The van der Waals surface area contributed by atoms with Crippen LogP contribution in [0.25, 0.3) is 11.2 Å². The summed E-state index contributed by atoms with van der Waals surface area (Å²) in [4.78, 5) is 12.5. The number of hydrogen-bond donors (Lipinski definition) is 3. The predicted molar refractivity (Wildman–Crippen MR) is 137 cm³/mol. The molecule has 9 nitrogen and oxygen atoms in total. The van der Waals surface area contributed by atoms with Crippen molar-refractivity contribution in [3.8, 4) is 0 Å². The third-order valence-electron chi connectivity index (χ3n) is 6.96. The van der Waals surface area contributed by atoms with Gasteiger partial charge in [-0.05, 0) is 6.42 Å². The summed E-state index contributed by atoms with van der Waals surface area (Å²) in [7, 11) is 0. The highest BCUT2D eigenvalue weighted by Crippen LogP contribution is 2.34. The van der Waals surface area contributed by atoms with E-state index in [2.05, 4.69) is 21.9 Å². The lowest BCUT2D eigenvalue weighted by Crippen LogP contribution is -2.35. The van der Waals surface area contributed by atoms with Gasteiger partial charge in [0.2, 0.25) is 0 Å². The van der Waals surface area contributed by atoms with Crippen molar-refractivity contribution in [2.45, 2.75) is 121 Å². The first-order chi connectivity index (χ1) is 17.2. The number of aliphatic hydroxyl groups is 2. The molecule has 2 aromatic rings. The molecule has 0 radical (unpaired) electrons. The highest BCUT2D eigenvalue weighted by atomic mass is 16.6. The normalized spacial score (nSPS) is 22.4. The second-order valence-electron chi connectivity index (χ2n) is 9.75. The summed E-state index contributed by atoms with van der Waals surface area (Å²) in [6.07, 6.45) is 18.2. The van der Waals surface area contributed by atoms with Gasteiger partial charge in [-0.15, -0.1) is 0 Å². The molecule has 1 fully saturated rings. The monoisotopic (exact) mass is 491 g/mol. The maximum atomic E-state index is 10.7. The van der Waals surface area contributed by atoms with Gasteiger partial charge in [0, 0.05) is 6.61 Å². The highest BCUT2D eigenvalue weighted by Gasteiger charge is 2.45. The van der Waals surface area contributed by atoms with Crippen LogP contribution in [0.1, 0.15) is 103 Å². The molecule has 1 unspecified atom stereocenters. The van der Waals surface area contributed by atoms with E-state index in [9.17, 15) is 10.2 Å². The average Bonchev–Trinajstić information content (AvgIpc) is 3.43. The molecule has 1 aliphatic heterocycles. The first kappa shape index (κ1) is 27.8. The molecule has 0 amide bonds. The van der Waals surface area contributed by atoms with Gasteiger partial charge in [-0.2, -0.15) is 0 Å². The first-order valence-corrected chi connectivity index (χ1v) is 13.7. The number of unbranched alkanes of at least 4 members (excludes halogenated alkanes) is 13. The van der Waals surface area contributed by atoms with E-state index in [4.69, 9.17) is 15.2 Å². The molecule has 0 aromatic carbocycles. The number of aliphatic hydroxyl groups excluding tert-OH is 2. The molecule has 2 aromatic heterocycles. The van der Waals surface area contributed by atoms with Gasteiger partial charge in [-0.25, -0.2) is 15.0 Å². The molecular formula is C26H45N5O4. The van der Waals surface area contributed by atoms with E-state index in [-0.39, 0.29) is 12.4 Å². The Balaban J connectivity index is 1.32. The predicted octanol–water partition coefficient (Wildman–Crippen LogP) is 4.53. The van der Waals surface area contributed by atoms with Gasteiger partial charge in [0.15, 0.2) is 17.7 Å². The number of ether oxygens (including phenoxy) is 2. The Kier molecular flexibility index (Phi) is 12.2. The van der Waals surface area contributed by atoms with E-state index in [1.54, 1.807) is 10.9 Å². The molecule has 4 atom stereocenters. The lowest BCUT2D eigenvalue weighted by molar-refractivity contribution is -0.0711. The van der Waals surface area contributed by atoms with Crippen LogP contribution in [0.15, 0.2) is 12.7 Å². The minimum Gasteiger partial charge on any atom is -0.394 e. The Morgan fingerprint density at radius 2 is 1.51 bits per heavy atom. The van der Waals surface area contributed by atoms with Crippen molar-refractivity contribution in [1.82, 2.24) is 19.5 Å². The van der Waals surface area contributed by atoms with Crippen LogP contribution in [0.4, 0.5) is 5.82 Å². The number of anilines is 1. The minimum absolute atomic E-state index is 0.283. The molecule has 0 saturated carbocycles. The molecule has 198 valence electrons. The number of nitrogen functional groups attached to an aromatic ring is 1. The molecule has 3 rings (SSSR count). The maximum Gasteiger partial charge on any atom is 0.167 e. The molecule has 1 saturated heterocycles. The quantitative estimate of drug-likeness (QED) is 0.260. The van der Waals surface area contributed by atoms with E-state index in [1.807, 2.05) is 0 Å². The van der Waals surface area contributed by atoms with E-state index < -0.39 is 24.5 Å². The number of fused-ring (bicyclic) bond motifs is 1. The van der Waals surface area contributed by atoms with Gasteiger partial charge in [-0.3, -0.25) is 4.57 Å². The fourth-order valence-corrected chi connectivity index (χ4v) is 4.85. The SMILES string of the molecule is CCCCCCCCCCCCCCCCO[C@H]1C(n2cnc3c(N)ncnc32)O[C@H](CO)[C@H]1O. The summed E-state index contributed by atoms with van der Waals surface area (Å²) >= 11 is 0. The zero-order chi connectivity index (χ0) is 24.9. The Morgan fingerprint density at radius 3 is 2.11 bits per heavy atom. The number of nitrogens with zero attached hydrogens (tertiary/aromatic N) is 4. The van der Waals surface area contributed by atoms with E-state index in [0.717, 1.165) is 12.8 Å². The highest BCUT2D eigenvalue weighted by molar-refractivity contribution is 5.81. The molecule has 3 heterocycles. The summed E-state index contributed by atoms with van der Waals surface area (Å²) < 4.78 is 13.7. The first-order valence-electron chi connectivity index (χ1n) is 13.7. The lowest BCUT2D eigenvalue weighted by Gasteiger charge is -2.22. The van der Waals surface area contributed by atoms with Crippen molar-refractivity contribution in [3.63, 3.8) is 0 Å². The molecule has 35 heavy (non-hydrogen) atoms. The number of hydrogen-bond acceptors (Lipinski definition) is 8. The van der Waals surface area contributed by atoms with E-state index in [0.29, 0.717) is 17.8 Å². The molecule has 4 N–H and O–H groups in total. The van der Waals surface area contributed by atoms with Crippen LogP contribution in [0.3, 0.4) is 0 Å². The Morgan fingerprint density at radius 1 is 0.914 bits per heavy atom. The van der Waals surface area contributed by atoms with Crippen molar-refractivity contribution in [2.24, 2.45) is 0 Å². The van der Waals surface area contributed by atoms with E-state index >= 15 is 0 Å². The van der Waals surface area contributed by atoms with Crippen molar-refractivity contribution in [1.29, 1.82) is 0 Å². The zero-order valence-corrected chi connectivity index (χ0v) is 21.4. The van der Waals surface area contributed by atoms with Gasteiger partial charge in [0.25, 0.3) is 0 Å². The minimum atomic E-state index is -0.937. The van der Waals surface area contributed by atoms with Gasteiger partial charge < -0.3 is 25.4 Å². The molecule has 9 heteroatoms. The smallest absolute Gasteiger partial charge is 0.167 e. The molecule has 0 bridgehead atoms. The van der Waals surface area contributed by atoms with Crippen LogP contribution in [0.5, 0.6) is 0 Å². The van der Waals surface area contributed by atoms with Crippen molar-refractivity contribution < 1.29 is 19.7 Å². The molecule has 0 spiro atoms. The molecule has 1 aliphatic rings. The third-order valence-corrected chi connectivity index (χ3v) is 6.96. The summed E-state index contributed by atoms with van der Waals surface area (Å²) in [6, 6.07) is 0. The maximum absolute atomic E-state index is 10.7. The number of rotatable bonds is 18. The van der Waals surface area contributed by atoms with Crippen LogP contribution in [-0.4, -0.2) is 61.3 Å². The Labute approximate surface area is 209 Å². The van der Waals surface area contributed by atoms with Crippen LogP contribution in [0, 0.1) is 0 Å². The van der Waals surface area contributed by atoms with Gasteiger partial charge in [-0.1, -0.05) is 90.4 Å². The number of imidazole rings is 1. The standard InChI is InChI=1S/C26H45N5O4/c1-2-3-4-5-6-7-8-9-10-11-12-13-14-15-16-34-23-22(33)20(17-32)35-26(23)31-19-30-21-24(27)28-18-29-25(21)31/h18-20,22-23,26,32-33H,2-17H2,1H3,(H2,27,28,29)/t20-,22-,23-,26?/m1/s1. The van der Waals surface area contributed by atoms with Gasteiger partial charge in [0.05, 0.1) is 12.9 Å². The summed E-state index contributed by atoms with van der Waals surface area (Å²) in [5, 5.41) is 20.3. The Bertz CT molecular complexity index is 848. The fourth-order valence-electron chi connectivity index (χ4n) is 4.85.